The molecule has 1 heterocycles. The number of carbonyl (C=O) groups excluding carboxylic acids is 1. The van der Waals surface area contributed by atoms with Gasteiger partial charge in [0.05, 0.1) is 5.69 Å². The number of fused-ring (bicyclic) bond motifs is 1. The maximum atomic E-state index is 13.6. The van der Waals surface area contributed by atoms with Gasteiger partial charge in [-0.05, 0) is 36.6 Å². The number of carbonyl (C=O) groups is 1. The predicted octanol–water partition coefficient (Wildman–Crippen LogP) is 3.89. The van der Waals surface area contributed by atoms with Crippen molar-refractivity contribution in [1.82, 2.24) is 0 Å². The molecule has 0 bridgehead atoms. The van der Waals surface area contributed by atoms with E-state index in [0.717, 1.165) is 37.2 Å². The molecule has 1 aliphatic rings. The van der Waals surface area contributed by atoms with Crippen LogP contribution < -0.4 is 10.2 Å². The second-order valence-electron chi connectivity index (χ2n) is 5.74. The largest absolute Gasteiger partial charge is 0.371 e. The summed E-state index contributed by atoms with van der Waals surface area (Å²) in [6, 6.07) is 9.82. The summed E-state index contributed by atoms with van der Waals surface area (Å²) in [5.41, 5.74) is 2.00. The van der Waals surface area contributed by atoms with E-state index >= 15 is 0 Å². The number of rotatable bonds is 4. The predicted molar refractivity (Wildman–Crippen MR) is 86.5 cm³/mol. The number of halogens is 3. The highest BCUT2D eigenvalue weighted by atomic mass is 19.2. The zero-order valence-electron chi connectivity index (χ0n) is 13.0. The number of hydrogen-bond acceptors (Lipinski definition) is 2. The van der Waals surface area contributed by atoms with Gasteiger partial charge in [-0.3, -0.25) is 4.79 Å². The number of benzene rings is 2. The summed E-state index contributed by atoms with van der Waals surface area (Å²) in [6.07, 6.45) is 2.15. The molecule has 3 rings (SSSR count). The van der Waals surface area contributed by atoms with Crippen LogP contribution in [0.25, 0.3) is 0 Å². The quantitative estimate of drug-likeness (QED) is 0.861. The van der Waals surface area contributed by atoms with Gasteiger partial charge in [0.1, 0.15) is 0 Å². The second-order valence-corrected chi connectivity index (χ2v) is 5.74. The van der Waals surface area contributed by atoms with Crippen molar-refractivity contribution in [1.29, 1.82) is 0 Å². The highest BCUT2D eigenvalue weighted by molar-refractivity contribution is 5.91. The smallest absolute Gasteiger partial charge is 0.226 e. The fourth-order valence-electron chi connectivity index (χ4n) is 2.92. The third kappa shape index (κ3) is 3.37. The summed E-state index contributed by atoms with van der Waals surface area (Å²) in [4.78, 5) is 14.1. The van der Waals surface area contributed by atoms with Crippen LogP contribution in [0.4, 0.5) is 24.5 Å². The number of nitrogens with zero attached hydrogens (tertiary/aromatic N) is 1. The molecule has 0 spiro atoms. The highest BCUT2D eigenvalue weighted by Crippen LogP contribution is 2.26. The van der Waals surface area contributed by atoms with Gasteiger partial charge in [-0.2, -0.15) is 0 Å². The van der Waals surface area contributed by atoms with Crippen molar-refractivity contribution < 1.29 is 18.0 Å². The molecule has 0 saturated heterocycles. The van der Waals surface area contributed by atoms with Crippen LogP contribution in [0.2, 0.25) is 0 Å². The van der Waals surface area contributed by atoms with Gasteiger partial charge in [0.2, 0.25) is 5.91 Å². The molecule has 0 saturated carbocycles. The van der Waals surface area contributed by atoms with Crippen LogP contribution >= 0.6 is 0 Å². The summed E-state index contributed by atoms with van der Waals surface area (Å²) < 4.78 is 39.6. The van der Waals surface area contributed by atoms with E-state index in [1.165, 1.54) is 5.56 Å². The van der Waals surface area contributed by atoms with E-state index in [-0.39, 0.29) is 12.1 Å². The number of para-hydroxylation sites is 1. The zero-order valence-corrected chi connectivity index (χ0v) is 13.0. The molecule has 0 aliphatic carbocycles. The standard InChI is InChI=1S/C18H17F3N2O/c19-13-7-8-14(18(21)17(13)20)22-16(24)9-11-23-10-3-5-12-4-1-2-6-15(12)23/h1-2,4,6-8H,3,5,9-11H2,(H,22,24). The van der Waals surface area contributed by atoms with Gasteiger partial charge in [0, 0.05) is 25.2 Å². The maximum absolute atomic E-state index is 13.6. The lowest BCUT2D eigenvalue weighted by molar-refractivity contribution is -0.116. The molecule has 0 atom stereocenters. The topological polar surface area (TPSA) is 32.3 Å². The fourth-order valence-corrected chi connectivity index (χ4v) is 2.92. The number of amides is 1. The minimum absolute atomic E-state index is 0.132. The monoisotopic (exact) mass is 334 g/mol. The van der Waals surface area contributed by atoms with Gasteiger partial charge in [0.15, 0.2) is 17.5 Å². The molecule has 1 N–H and O–H groups in total. The van der Waals surface area contributed by atoms with Crippen LogP contribution in [-0.2, 0) is 11.2 Å². The summed E-state index contributed by atoms with van der Waals surface area (Å²) >= 11 is 0. The van der Waals surface area contributed by atoms with Crippen molar-refractivity contribution >= 4 is 17.3 Å². The molecule has 0 radical (unpaired) electrons. The first-order valence-corrected chi connectivity index (χ1v) is 7.82. The minimum atomic E-state index is -1.59. The number of nitrogens with one attached hydrogen (secondary N) is 1. The Labute approximate surface area is 138 Å². The Morgan fingerprint density at radius 2 is 1.88 bits per heavy atom. The van der Waals surface area contributed by atoms with Crippen molar-refractivity contribution in [3.8, 4) is 0 Å². The van der Waals surface area contributed by atoms with Crippen LogP contribution in [0.15, 0.2) is 36.4 Å². The highest BCUT2D eigenvalue weighted by Gasteiger charge is 2.18. The molecule has 0 fully saturated rings. The van der Waals surface area contributed by atoms with Crippen molar-refractivity contribution in [3.63, 3.8) is 0 Å². The van der Waals surface area contributed by atoms with E-state index < -0.39 is 23.4 Å². The number of anilines is 2. The fraction of sp³-hybridized carbons (Fsp3) is 0.278. The Morgan fingerprint density at radius 1 is 1.08 bits per heavy atom. The first-order valence-electron chi connectivity index (χ1n) is 7.82. The van der Waals surface area contributed by atoms with E-state index in [1.54, 1.807) is 0 Å². The Balaban J connectivity index is 1.62. The minimum Gasteiger partial charge on any atom is -0.371 e. The van der Waals surface area contributed by atoms with Gasteiger partial charge in [-0.15, -0.1) is 0 Å². The Kier molecular flexibility index (Phi) is 4.74. The average molecular weight is 334 g/mol. The van der Waals surface area contributed by atoms with E-state index in [1.807, 2.05) is 18.2 Å². The summed E-state index contributed by atoms with van der Waals surface area (Å²) in [6.45, 7) is 1.33. The van der Waals surface area contributed by atoms with Gasteiger partial charge >= 0.3 is 0 Å². The normalized spacial score (nSPS) is 13.5. The third-order valence-electron chi connectivity index (χ3n) is 4.12. The van der Waals surface area contributed by atoms with E-state index in [9.17, 15) is 18.0 Å². The van der Waals surface area contributed by atoms with Crippen LogP contribution in [0.1, 0.15) is 18.4 Å². The van der Waals surface area contributed by atoms with Crippen LogP contribution in [0.5, 0.6) is 0 Å². The molecule has 3 nitrogen and oxygen atoms in total. The first kappa shape index (κ1) is 16.4. The van der Waals surface area contributed by atoms with Gasteiger partial charge in [-0.1, -0.05) is 18.2 Å². The van der Waals surface area contributed by atoms with E-state index in [0.29, 0.717) is 6.54 Å². The summed E-state index contributed by atoms with van der Waals surface area (Å²) in [5, 5.41) is 2.29. The Hall–Kier alpha value is -2.50. The van der Waals surface area contributed by atoms with Crippen molar-refractivity contribution in [2.45, 2.75) is 19.3 Å². The van der Waals surface area contributed by atoms with Crippen LogP contribution in [0.3, 0.4) is 0 Å². The second kappa shape index (κ2) is 6.95. The molecular formula is C18H17F3N2O. The summed E-state index contributed by atoms with van der Waals surface area (Å²) in [5.74, 6) is -4.69. The van der Waals surface area contributed by atoms with Gasteiger partial charge in [0.25, 0.3) is 0 Å². The van der Waals surface area contributed by atoms with Crippen molar-refractivity contribution in [2.24, 2.45) is 0 Å². The molecule has 1 amide bonds. The lowest BCUT2D eigenvalue weighted by atomic mass is 10.0. The zero-order chi connectivity index (χ0) is 17.1. The maximum Gasteiger partial charge on any atom is 0.226 e. The molecule has 126 valence electrons. The molecule has 2 aromatic carbocycles. The van der Waals surface area contributed by atoms with Crippen molar-refractivity contribution in [3.05, 3.63) is 59.4 Å². The lowest BCUT2D eigenvalue weighted by Crippen LogP contribution is -2.32. The van der Waals surface area contributed by atoms with Gasteiger partial charge < -0.3 is 10.2 Å². The van der Waals surface area contributed by atoms with Crippen LogP contribution in [0, 0.1) is 17.5 Å². The third-order valence-corrected chi connectivity index (χ3v) is 4.12. The van der Waals surface area contributed by atoms with Gasteiger partial charge in [-0.25, -0.2) is 13.2 Å². The Morgan fingerprint density at radius 3 is 2.71 bits per heavy atom. The number of aryl methyl sites for hydroxylation is 1. The van der Waals surface area contributed by atoms with E-state index in [2.05, 4.69) is 16.3 Å². The molecule has 6 heteroatoms. The SMILES string of the molecule is O=C(CCN1CCCc2ccccc21)Nc1ccc(F)c(F)c1F. The Bertz CT molecular complexity index is 764. The molecule has 1 aliphatic heterocycles. The lowest BCUT2D eigenvalue weighted by Gasteiger charge is -2.31. The van der Waals surface area contributed by atoms with Crippen LogP contribution in [-0.4, -0.2) is 19.0 Å². The summed E-state index contributed by atoms with van der Waals surface area (Å²) in [7, 11) is 0. The molecule has 24 heavy (non-hydrogen) atoms. The number of hydrogen-bond donors (Lipinski definition) is 1. The molecule has 0 unspecified atom stereocenters. The molecule has 0 aromatic heterocycles. The average Bonchev–Trinajstić information content (AvgIpc) is 2.60. The van der Waals surface area contributed by atoms with E-state index in [4.69, 9.17) is 0 Å². The first-order chi connectivity index (χ1) is 11.6. The molecular weight excluding hydrogens is 317 g/mol. The molecule has 2 aromatic rings. The van der Waals surface area contributed by atoms with Crippen molar-refractivity contribution in [2.75, 3.05) is 23.3 Å².